The second-order valence-corrected chi connectivity index (χ2v) is 5.80. The number of para-hydroxylation sites is 1. The van der Waals surface area contributed by atoms with Crippen molar-refractivity contribution >= 4 is 34.2 Å². The summed E-state index contributed by atoms with van der Waals surface area (Å²) in [5.41, 5.74) is 3.15. The van der Waals surface area contributed by atoms with Gasteiger partial charge in [0.2, 0.25) is 0 Å². The first-order chi connectivity index (χ1) is 11.7. The number of benzene rings is 3. The van der Waals surface area contributed by atoms with Crippen molar-refractivity contribution in [3.8, 4) is 0 Å². The Bertz CT molecular complexity index is 987. The molecule has 0 saturated heterocycles. The number of hydrogen-bond donors (Lipinski definition) is 0. The van der Waals surface area contributed by atoms with E-state index in [4.69, 9.17) is 0 Å². The van der Waals surface area contributed by atoms with Gasteiger partial charge in [-0.2, -0.15) is 10.1 Å². The van der Waals surface area contributed by atoms with Crippen LogP contribution in [0.25, 0.3) is 16.8 Å². The Morgan fingerprint density at radius 3 is 2.38 bits per heavy atom. The van der Waals surface area contributed by atoms with Crippen molar-refractivity contribution < 1.29 is 4.79 Å². The molecule has 0 atom stereocenters. The molecular weight excluding hydrogens is 296 g/mol. The number of hydrogen-bond acceptors (Lipinski definition) is 2. The van der Waals surface area contributed by atoms with E-state index in [1.807, 2.05) is 61.5 Å². The summed E-state index contributed by atoms with van der Waals surface area (Å²) in [6.45, 7) is 1.87. The Labute approximate surface area is 140 Å². The average molecular weight is 312 g/mol. The topological polar surface area (TPSA) is 32.7 Å². The first-order valence-electron chi connectivity index (χ1n) is 7.88. The number of rotatable bonds is 2. The van der Waals surface area contributed by atoms with E-state index in [1.54, 1.807) is 0 Å². The monoisotopic (exact) mass is 312 g/mol. The molecule has 0 saturated carbocycles. The predicted octanol–water partition coefficient (Wildman–Crippen LogP) is 4.65. The lowest BCUT2D eigenvalue weighted by Gasteiger charge is -2.11. The third-order valence-electron chi connectivity index (χ3n) is 4.15. The van der Waals surface area contributed by atoms with Gasteiger partial charge in [0, 0.05) is 0 Å². The maximum Gasteiger partial charge on any atom is 0.280 e. The molecule has 0 unspecified atom stereocenters. The minimum Gasteiger partial charge on any atom is -0.267 e. The first-order valence-corrected chi connectivity index (χ1v) is 7.88. The quantitative estimate of drug-likeness (QED) is 0.634. The van der Waals surface area contributed by atoms with Gasteiger partial charge in [-0.3, -0.25) is 4.79 Å². The summed E-state index contributed by atoms with van der Waals surface area (Å²) in [7, 11) is 0. The highest BCUT2D eigenvalue weighted by atomic mass is 16.2. The van der Waals surface area contributed by atoms with Crippen molar-refractivity contribution in [1.82, 2.24) is 0 Å². The SMILES string of the molecule is CC1=NN(c2ccccc2)C(=O)/C1=C\c1ccc2ccccc2c1. The molecule has 3 aromatic carbocycles. The number of hydrazone groups is 1. The van der Waals surface area contributed by atoms with Crippen LogP contribution in [0.2, 0.25) is 0 Å². The van der Waals surface area contributed by atoms with E-state index < -0.39 is 0 Å². The van der Waals surface area contributed by atoms with Crippen LogP contribution in [0.1, 0.15) is 12.5 Å². The molecule has 3 nitrogen and oxygen atoms in total. The highest BCUT2D eigenvalue weighted by Crippen LogP contribution is 2.25. The fourth-order valence-corrected chi connectivity index (χ4v) is 2.89. The molecule has 1 heterocycles. The van der Waals surface area contributed by atoms with Crippen molar-refractivity contribution in [2.45, 2.75) is 6.92 Å². The number of fused-ring (bicyclic) bond motifs is 1. The summed E-state index contributed by atoms with van der Waals surface area (Å²) in [4.78, 5) is 12.7. The van der Waals surface area contributed by atoms with Gasteiger partial charge in [0.25, 0.3) is 5.91 Å². The zero-order valence-electron chi connectivity index (χ0n) is 13.3. The summed E-state index contributed by atoms with van der Waals surface area (Å²) >= 11 is 0. The molecule has 0 bridgehead atoms. The van der Waals surface area contributed by atoms with Crippen LogP contribution in [0.15, 0.2) is 83.5 Å². The van der Waals surface area contributed by atoms with E-state index in [0.29, 0.717) is 5.57 Å². The van der Waals surface area contributed by atoms with Crippen LogP contribution in [-0.4, -0.2) is 11.6 Å². The van der Waals surface area contributed by atoms with Gasteiger partial charge in [0.1, 0.15) is 0 Å². The van der Waals surface area contributed by atoms with Crippen molar-refractivity contribution in [3.05, 3.63) is 83.9 Å². The van der Waals surface area contributed by atoms with E-state index in [1.165, 1.54) is 10.4 Å². The molecule has 24 heavy (non-hydrogen) atoms. The van der Waals surface area contributed by atoms with E-state index in [2.05, 4.69) is 29.4 Å². The Morgan fingerprint density at radius 1 is 0.875 bits per heavy atom. The molecule has 0 spiro atoms. The Morgan fingerprint density at radius 2 is 1.58 bits per heavy atom. The summed E-state index contributed by atoms with van der Waals surface area (Å²) in [5, 5.41) is 8.22. The van der Waals surface area contributed by atoms with Crippen LogP contribution in [0.3, 0.4) is 0 Å². The zero-order chi connectivity index (χ0) is 16.5. The maximum absolute atomic E-state index is 12.7. The minimum atomic E-state index is -0.0909. The Balaban J connectivity index is 1.72. The molecule has 0 aliphatic carbocycles. The van der Waals surface area contributed by atoms with E-state index in [0.717, 1.165) is 22.3 Å². The fraction of sp³-hybridized carbons (Fsp3) is 0.0476. The molecule has 0 N–H and O–H groups in total. The lowest BCUT2D eigenvalue weighted by atomic mass is 10.0. The molecule has 1 aliphatic rings. The van der Waals surface area contributed by atoms with Gasteiger partial charge in [0.15, 0.2) is 0 Å². The molecule has 0 aromatic heterocycles. The second kappa shape index (κ2) is 5.78. The van der Waals surface area contributed by atoms with Gasteiger partial charge < -0.3 is 0 Å². The highest BCUT2D eigenvalue weighted by molar-refractivity contribution is 6.32. The Hall–Kier alpha value is -3.20. The third-order valence-corrected chi connectivity index (χ3v) is 4.15. The summed E-state index contributed by atoms with van der Waals surface area (Å²) in [6.07, 6.45) is 1.91. The van der Waals surface area contributed by atoms with Gasteiger partial charge in [-0.15, -0.1) is 0 Å². The molecule has 3 heteroatoms. The normalized spacial score (nSPS) is 16.0. The molecular formula is C21H16N2O. The van der Waals surface area contributed by atoms with Gasteiger partial charge in [-0.1, -0.05) is 54.6 Å². The number of amides is 1. The van der Waals surface area contributed by atoms with Crippen molar-refractivity contribution in [2.24, 2.45) is 5.10 Å². The molecule has 0 radical (unpaired) electrons. The number of carbonyl (C=O) groups excluding carboxylic acids is 1. The Kier molecular flexibility index (Phi) is 3.47. The molecule has 0 fully saturated rings. The first kappa shape index (κ1) is 14.4. The number of anilines is 1. The molecule has 4 rings (SSSR count). The summed E-state index contributed by atoms with van der Waals surface area (Å²) in [6, 6.07) is 23.9. The van der Waals surface area contributed by atoms with Gasteiger partial charge >= 0.3 is 0 Å². The molecule has 3 aromatic rings. The third kappa shape index (κ3) is 2.50. The van der Waals surface area contributed by atoms with Crippen LogP contribution in [0.5, 0.6) is 0 Å². The van der Waals surface area contributed by atoms with Crippen LogP contribution >= 0.6 is 0 Å². The standard InChI is InChI=1S/C21H16N2O/c1-15-20(21(24)23(22-15)19-9-3-2-4-10-19)14-16-11-12-17-7-5-6-8-18(17)13-16/h2-14H,1H3/b20-14-. The van der Waals surface area contributed by atoms with Crippen LogP contribution < -0.4 is 5.01 Å². The van der Waals surface area contributed by atoms with Gasteiger partial charge in [-0.05, 0) is 47.5 Å². The van der Waals surface area contributed by atoms with Crippen LogP contribution in [0, 0.1) is 0 Å². The zero-order valence-corrected chi connectivity index (χ0v) is 13.3. The predicted molar refractivity (Wildman–Crippen MR) is 99.0 cm³/mol. The summed E-state index contributed by atoms with van der Waals surface area (Å²) < 4.78 is 0. The van der Waals surface area contributed by atoms with E-state index in [-0.39, 0.29) is 5.91 Å². The number of carbonyl (C=O) groups is 1. The second-order valence-electron chi connectivity index (χ2n) is 5.80. The minimum absolute atomic E-state index is 0.0909. The van der Waals surface area contributed by atoms with Crippen molar-refractivity contribution in [3.63, 3.8) is 0 Å². The largest absolute Gasteiger partial charge is 0.280 e. The lowest BCUT2D eigenvalue weighted by Crippen LogP contribution is -2.21. The van der Waals surface area contributed by atoms with Crippen molar-refractivity contribution in [1.29, 1.82) is 0 Å². The number of nitrogens with zero attached hydrogens (tertiary/aromatic N) is 2. The van der Waals surface area contributed by atoms with Crippen LogP contribution in [0.4, 0.5) is 5.69 Å². The molecule has 1 amide bonds. The maximum atomic E-state index is 12.7. The fourth-order valence-electron chi connectivity index (χ4n) is 2.89. The average Bonchev–Trinajstić information content (AvgIpc) is 2.90. The van der Waals surface area contributed by atoms with Crippen molar-refractivity contribution in [2.75, 3.05) is 5.01 Å². The van der Waals surface area contributed by atoms with Crippen LogP contribution in [-0.2, 0) is 4.79 Å². The van der Waals surface area contributed by atoms with E-state index in [9.17, 15) is 4.79 Å². The molecule has 116 valence electrons. The molecule has 1 aliphatic heterocycles. The van der Waals surface area contributed by atoms with E-state index >= 15 is 0 Å². The highest BCUT2D eigenvalue weighted by Gasteiger charge is 2.28. The smallest absolute Gasteiger partial charge is 0.267 e. The summed E-state index contributed by atoms with van der Waals surface area (Å²) in [5.74, 6) is -0.0909. The lowest BCUT2D eigenvalue weighted by molar-refractivity contribution is -0.114. The van der Waals surface area contributed by atoms with Gasteiger partial charge in [-0.25, -0.2) is 0 Å². The van der Waals surface area contributed by atoms with Gasteiger partial charge in [0.05, 0.1) is 17.0 Å².